The van der Waals surface area contributed by atoms with Gasteiger partial charge >= 0.3 is 0 Å². The number of aryl methyl sites for hydroxylation is 2. The second-order valence-corrected chi connectivity index (χ2v) is 6.47. The van der Waals surface area contributed by atoms with E-state index in [-0.39, 0.29) is 12.5 Å². The highest BCUT2D eigenvalue weighted by atomic mass is 127. The van der Waals surface area contributed by atoms with E-state index < -0.39 is 0 Å². The van der Waals surface area contributed by atoms with Crippen LogP contribution in [0.15, 0.2) is 30.3 Å². The summed E-state index contributed by atoms with van der Waals surface area (Å²) in [5, 5.41) is 2.82. The van der Waals surface area contributed by atoms with E-state index in [9.17, 15) is 9.59 Å². The largest absolute Gasteiger partial charge is 0.493 e. The van der Waals surface area contributed by atoms with Crippen molar-refractivity contribution in [2.45, 2.75) is 13.8 Å². The Morgan fingerprint density at radius 3 is 2.62 bits per heavy atom. The highest BCUT2D eigenvalue weighted by Crippen LogP contribution is 2.33. The SMILES string of the molecule is COc1cc(C=O)cc(I)c1OCC(=O)Nc1ccc(C)cc1C. The summed E-state index contributed by atoms with van der Waals surface area (Å²) in [4.78, 5) is 23.0. The Balaban J connectivity index is 2.07. The molecule has 0 saturated heterocycles. The summed E-state index contributed by atoms with van der Waals surface area (Å²) in [5.41, 5.74) is 3.37. The minimum Gasteiger partial charge on any atom is -0.493 e. The lowest BCUT2D eigenvalue weighted by Gasteiger charge is -2.14. The van der Waals surface area contributed by atoms with Crippen LogP contribution >= 0.6 is 22.6 Å². The molecule has 0 bridgehead atoms. The van der Waals surface area contributed by atoms with Gasteiger partial charge in [0.05, 0.1) is 10.7 Å². The van der Waals surface area contributed by atoms with Crippen molar-refractivity contribution in [2.24, 2.45) is 0 Å². The van der Waals surface area contributed by atoms with E-state index in [1.165, 1.54) is 7.11 Å². The molecule has 2 aromatic carbocycles. The molecular formula is C18H18INO4. The van der Waals surface area contributed by atoms with Crippen LogP contribution in [-0.2, 0) is 4.79 Å². The van der Waals surface area contributed by atoms with Crippen LogP contribution < -0.4 is 14.8 Å². The average molecular weight is 439 g/mol. The van der Waals surface area contributed by atoms with Crippen LogP contribution in [0.25, 0.3) is 0 Å². The van der Waals surface area contributed by atoms with Gasteiger partial charge in [-0.15, -0.1) is 0 Å². The van der Waals surface area contributed by atoms with Gasteiger partial charge < -0.3 is 14.8 Å². The third-order valence-corrected chi connectivity index (χ3v) is 4.19. The topological polar surface area (TPSA) is 64.6 Å². The zero-order chi connectivity index (χ0) is 17.7. The molecule has 0 aliphatic carbocycles. The maximum absolute atomic E-state index is 12.1. The second-order valence-electron chi connectivity index (χ2n) is 5.31. The van der Waals surface area contributed by atoms with Gasteiger partial charge in [-0.25, -0.2) is 0 Å². The van der Waals surface area contributed by atoms with Gasteiger partial charge in [-0.3, -0.25) is 9.59 Å². The summed E-state index contributed by atoms with van der Waals surface area (Å²) in [6, 6.07) is 9.06. The van der Waals surface area contributed by atoms with Gasteiger partial charge in [0.15, 0.2) is 18.1 Å². The first kappa shape index (κ1) is 18.3. The predicted molar refractivity (Wildman–Crippen MR) is 101 cm³/mol. The second kappa shape index (κ2) is 8.14. The molecule has 2 rings (SSSR count). The molecule has 0 radical (unpaired) electrons. The first-order chi connectivity index (χ1) is 11.4. The van der Waals surface area contributed by atoms with Crippen molar-refractivity contribution < 1.29 is 19.1 Å². The maximum atomic E-state index is 12.1. The number of amides is 1. The highest BCUT2D eigenvalue weighted by Gasteiger charge is 2.14. The maximum Gasteiger partial charge on any atom is 0.262 e. The molecule has 0 fully saturated rings. The molecule has 1 N–H and O–H groups in total. The van der Waals surface area contributed by atoms with Crippen molar-refractivity contribution in [3.05, 3.63) is 50.6 Å². The lowest BCUT2D eigenvalue weighted by atomic mass is 10.1. The fourth-order valence-corrected chi connectivity index (χ4v) is 3.01. The standard InChI is InChI=1S/C18H18INO4/c1-11-4-5-15(12(2)6-11)20-17(22)10-24-18-14(19)7-13(9-21)8-16(18)23-3/h4-9H,10H2,1-3H3,(H,20,22). The molecule has 6 heteroatoms. The van der Waals surface area contributed by atoms with E-state index in [0.29, 0.717) is 20.6 Å². The van der Waals surface area contributed by atoms with E-state index in [2.05, 4.69) is 5.32 Å². The Kier molecular flexibility index (Phi) is 6.19. The number of aldehydes is 1. The lowest BCUT2D eigenvalue weighted by molar-refractivity contribution is -0.118. The third-order valence-electron chi connectivity index (χ3n) is 3.39. The van der Waals surface area contributed by atoms with Crippen LogP contribution in [0.3, 0.4) is 0 Å². The van der Waals surface area contributed by atoms with Gasteiger partial charge in [-0.2, -0.15) is 0 Å². The molecule has 0 aliphatic heterocycles. The minimum absolute atomic E-state index is 0.153. The molecule has 24 heavy (non-hydrogen) atoms. The van der Waals surface area contributed by atoms with E-state index in [1.54, 1.807) is 12.1 Å². The number of halogens is 1. The summed E-state index contributed by atoms with van der Waals surface area (Å²) in [6.45, 7) is 3.78. The Morgan fingerprint density at radius 2 is 2.00 bits per heavy atom. The van der Waals surface area contributed by atoms with Crippen molar-refractivity contribution in [1.82, 2.24) is 0 Å². The van der Waals surface area contributed by atoms with Gasteiger partial charge in [0, 0.05) is 11.3 Å². The Hall–Kier alpha value is -2.09. The number of anilines is 1. The van der Waals surface area contributed by atoms with Crippen molar-refractivity contribution in [2.75, 3.05) is 19.0 Å². The Bertz CT molecular complexity index is 774. The van der Waals surface area contributed by atoms with Gasteiger partial charge in [-0.05, 0) is 60.2 Å². The number of rotatable bonds is 6. The van der Waals surface area contributed by atoms with Gasteiger partial charge in [0.1, 0.15) is 6.29 Å². The number of hydrogen-bond acceptors (Lipinski definition) is 4. The molecular weight excluding hydrogens is 421 g/mol. The van der Waals surface area contributed by atoms with Gasteiger partial charge in [-0.1, -0.05) is 17.7 Å². The predicted octanol–water partition coefficient (Wildman–Crippen LogP) is 3.75. The quantitative estimate of drug-likeness (QED) is 0.550. The normalized spacial score (nSPS) is 10.2. The first-order valence-electron chi connectivity index (χ1n) is 7.27. The summed E-state index contributed by atoms with van der Waals surface area (Å²) in [5.74, 6) is 0.599. The van der Waals surface area contributed by atoms with Gasteiger partial charge in [0.25, 0.3) is 5.91 Å². The van der Waals surface area contributed by atoms with Crippen molar-refractivity contribution in [3.8, 4) is 11.5 Å². The number of benzene rings is 2. The van der Waals surface area contributed by atoms with E-state index >= 15 is 0 Å². The molecule has 126 valence electrons. The van der Waals surface area contributed by atoms with Crippen LogP contribution in [0.1, 0.15) is 21.5 Å². The van der Waals surface area contributed by atoms with Crippen LogP contribution in [0.2, 0.25) is 0 Å². The van der Waals surface area contributed by atoms with E-state index in [4.69, 9.17) is 9.47 Å². The van der Waals surface area contributed by atoms with E-state index in [1.807, 2.05) is 54.6 Å². The number of hydrogen-bond donors (Lipinski definition) is 1. The lowest BCUT2D eigenvalue weighted by Crippen LogP contribution is -2.21. The van der Waals surface area contributed by atoms with Crippen molar-refractivity contribution in [1.29, 1.82) is 0 Å². The molecule has 0 atom stereocenters. The summed E-state index contributed by atoms with van der Waals surface area (Å²) >= 11 is 2.04. The summed E-state index contributed by atoms with van der Waals surface area (Å²) in [7, 11) is 1.49. The first-order valence-corrected chi connectivity index (χ1v) is 8.35. The van der Waals surface area contributed by atoms with Crippen LogP contribution in [0, 0.1) is 17.4 Å². The van der Waals surface area contributed by atoms with Gasteiger partial charge in [0.2, 0.25) is 0 Å². The fourth-order valence-electron chi connectivity index (χ4n) is 2.23. The number of carbonyl (C=O) groups excluding carboxylic acids is 2. The van der Waals surface area contributed by atoms with Crippen LogP contribution in [0.4, 0.5) is 5.69 Å². The Morgan fingerprint density at radius 1 is 1.25 bits per heavy atom. The molecule has 0 spiro atoms. The molecule has 5 nitrogen and oxygen atoms in total. The third kappa shape index (κ3) is 4.47. The molecule has 0 heterocycles. The van der Waals surface area contributed by atoms with Crippen molar-refractivity contribution in [3.63, 3.8) is 0 Å². The molecule has 2 aromatic rings. The smallest absolute Gasteiger partial charge is 0.262 e. The highest BCUT2D eigenvalue weighted by molar-refractivity contribution is 14.1. The molecule has 0 aliphatic rings. The zero-order valence-corrected chi connectivity index (χ0v) is 15.8. The number of ether oxygens (including phenoxy) is 2. The molecule has 1 amide bonds. The summed E-state index contributed by atoms with van der Waals surface area (Å²) in [6.07, 6.45) is 0.737. The number of carbonyl (C=O) groups is 2. The monoisotopic (exact) mass is 439 g/mol. The Labute approximate surface area is 154 Å². The zero-order valence-electron chi connectivity index (χ0n) is 13.7. The van der Waals surface area contributed by atoms with Crippen molar-refractivity contribution >= 4 is 40.5 Å². The average Bonchev–Trinajstić information content (AvgIpc) is 2.55. The minimum atomic E-state index is -0.265. The number of nitrogens with one attached hydrogen (secondary N) is 1. The molecule has 0 unspecified atom stereocenters. The van der Waals surface area contributed by atoms with E-state index in [0.717, 1.165) is 23.1 Å². The fraction of sp³-hybridized carbons (Fsp3) is 0.222. The molecule has 0 aromatic heterocycles. The number of methoxy groups -OCH3 is 1. The molecule has 0 saturated carbocycles. The summed E-state index contributed by atoms with van der Waals surface area (Å²) < 4.78 is 11.5. The van der Waals surface area contributed by atoms with Crippen LogP contribution in [-0.4, -0.2) is 25.9 Å². The van der Waals surface area contributed by atoms with Crippen LogP contribution in [0.5, 0.6) is 11.5 Å².